The number of rotatable bonds is 2. The van der Waals surface area contributed by atoms with E-state index in [1.54, 1.807) is 17.7 Å². The van der Waals surface area contributed by atoms with E-state index in [1.165, 1.54) is 35.9 Å². The highest BCUT2D eigenvalue weighted by Gasteiger charge is 2.23. The van der Waals surface area contributed by atoms with E-state index in [9.17, 15) is 0 Å². The molecule has 0 aromatic carbocycles. The summed E-state index contributed by atoms with van der Waals surface area (Å²) in [6, 6.07) is 2.62. The molecule has 2 aromatic rings. The second kappa shape index (κ2) is 5.43. The van der Waals surface area contributed by atoms with Gasteiger partial charge in [0.25, 0.3) is 0 Å². The van der Waals surface area contributed by atoms with E-state index in [0.717, 1.165) is 17.2 Å². The van der Waals surface area contributed by atoms with Crippen molar-refractivity contribution in [3.8, 4) is 0 Å². The van der Waals surface area contributed by atoms with Crippen molar-refractivity contribution in [3.05, 3.63) is 17.3 Å². The molecule has 0 radical (unpaired) electrons. The number of aryl methyl sites for hydroxylation is 1. The number of hydrogen-bond donors (Lipinski definition) is 1. The summed E-state index contributed by atoms with van der Waals surface area (Å²) in [5, 5.41) is 1.19. The first-order valence-corrected chi connectivity index (χ1v) is 7.79. The van der Waals surface area contributed by atoms with Gasteiger partial charge in [0.05, 0.1) is 5.39 Å². The summed E-state index contributed by atoms with van der Waals surface area (Å²) < 4.78 is 0. The molecule has 3 rings (SSSR count). The van der Waals surface area contributed by atoms with Crippen molar-refractivity contribution in [2.45, 2.75) is 38.6 Å². The van der Waals surface area contributed by atoms with Gasteiger partial charge in [0, 0.05) is 24.0 Å². The van der Waals surface area contributed by atoms with Gasteiger partial charge in [0.2, 0.25) is 0 Å². The van der Waals surface area contributed by atoms with Crippen LogP contribution in [0.5, 0.6) is 0 Å². The lowest BCUT2D eigenvalue weighted by atomic mass is 10.1. The number of thiophene rings is 1. The fourth-order valence-corrected chi connectivity index (χ4v) is 3.74. The maximum absolute atomic E-state index is 5.97. The Morgan fingerprint density at radius 3 is 3.11 bits per heavy atom. The third-order valence-corrected chi connectivity index (χ3v) is 4.81. The van der Waals surface area contributed by atoms with Crippen LogP contribution in [0.1, 0.15) is 30.6 Å². The molecule has 0 bridgehead atoms. The highest BCUT2D eigenvalue weighted by atomic mass is 32.1. The fraction of sp³-hybridized carbons (Fsp3) is 0.571. The Labute approximate surface area is 117 Å². The minimum atomic E-state index is 0.417. The topological polar surface area (TPSA) is 55.0 Å². The van der Waals surface area contributed by atoms with Gasteiger partial charge in [-0.25, -0.2) is 9.97 Å². The van der Waals surface area contributed by atoms with Crippen LogP contribution in [0.4, 0.5) is 5.82 Å². The van der Waals surface area contributed by atoms with Gasteiger partial charge >= 0.3 is 0 Å². The van der Waals surface area contributed by atoms with E-state index >= 15 is 0 Å². The van der Waals surface area contributed by atoms with E-state index < -0.39 is 0 Å². The average molecular weight is 276 g/mol. The molecule has 4 nitrogen and oxygen atoms in total. The number of hydrogen-bond acceptors (Lipinski definition) is 5. The van der Waals surface area contributed by atoms with E-state index in [-0.39, 0.29) is 0 Å². The van der Waals surface area contributed by atoms with Gasteiger partial charge in [-0.3, -0.25) is 0 Å². The number of fused-ring (bicyclic) bond motifs is 1. The Bertz CT molecular complexity index is 566. The van der Waals surface area contributed by atoms with E-state index in [4.69, 9.17) is 5.73 Å². The minimum Gasteiger partial charge on any atom is -0.352 e. The molecule has 1 fully saturated rings. The predicted octanol–water partition coefficient (Wildman–Crippen LogP) is 2.71. The van der Waals surface area contributed by atoms with Gasteiger partial charge in [-0.1, -0.05) is 12.8 Å². The summed E-state index contributed by atoms with van der Waals surface area (Å²) in [6.45, 7) is 3.89. The van der Waals surface area contributed by atoms with Gasteiger partial charge in [-0.2, -0.15) is 0 Å². The summed E-state index contributed by atoms with van der Waals surface area (Å²) in [5.41, 5.74) is 5.97. The number of nitrogens with two attached hydrogens (primary N) is 1. The van der Waals surface area contributed by atoms with Crippen molar-refractivity contribution in [3.63, 3.8) is 0 Å². The normalized spacial score (nSPS) is 20.7. The summed E-state index contributed by atoms with van der Waals surface area (Å²) in [6.07, 6.45) is 6.65. The van der Waals surface area contributed by atoms with Gasteiger partial charge in [-0.15, -0.1) is 11.3 Å². The van der Waals surface area contributed by atoms with Crippen LogP contribution in [0, 0.1) is 6.92 Å². The van der Waals surface area contributed by atoms with Gasteiger partial charge in [0.1, 0.15) is 17.0 Å². The quantitative estimate of drug-likeness (QED) is 0.916. The number of aromatic nitrogens is 2. The van der Waals surface area contributed by atoms with Gasteiger partial charge in [-0.05, 0) is 25.8 Å². The molecule has 2 aromatic heterocycles. The molecule has 0 saturated carbocycles. The first-order chi connectivity index (χ1) is 9.29. The molecule has 1 saturated heterocycles. The standard InChI is InChI=1S/C14H20N4S/c1-10-7-12-13(16-9-17-14(12)19-10)18-6-4-2-3-5-11(18)8-15/h7,9,11H,2-6,8,15H2,1H3. The van der Waals surface area contributed by atoms with Crippen LogP contribution in [-0.2, 0) is 0 Å². The monoisotopic (exact) mass is 276 g/mol. The van der Waals surface area contributed by atoms with Gasteiger partial charge in [0.15, 0.2) is 0 Å². The van der Waals surface area contributed by atoms with Crippen molar-refractivity contribution < 1.29 is 0 Å². The Morgan fingerprint density at radius 2 is 2.26 bits per heavy atom. The van der Waals surface area contributed by atoms with E-state index in [2.05, 4.69) is 27.9 Å². The number of nitrogens with zero attached hydrogens (tertiary/aromatic N) is 3. The van der Waals surface area contributed by atoms with Crippen molar-refractivity contribution in [1.82, 2.24) is 9.97 Å². The smallest absolute Gasteiger partial charge is 0.141 e. The second-order valence-corrected chi connectivity index (χ2v) is 6.44. The van der Waals surface area contributed by atoms with Crippen LogP contribution in [0.2, 0.25) is 0 Å². The first kappa shape index (κ1) is 12.8. The lowest BCUT2D eigenvalue weighted by molar-refractivity contribution is 0.577. The molecule has 0 spiro atoms. The molecular weight excluding hydrogens is 256 g/mol. The maximum atomic E-state index is 5.97. The third-order valence-electron chi connectivity index (χ3n) is 3.85. The Balaban J connectivity index is 2.05. The van der Waals surface area contributed by atoms with E-state index in [1.807, 2.05) is 0 Å². The van der Waals surface area contributed by atoms with Crippen LogP contribution in [0.25, 0.3) is 10.2 Å². The van der Waals surface area contributed by atoms with Crippen LogP contribution < -0.4 is 10.6 Å². The molecule has 19 heavy (non-hydrogen) atoms. The summed E-state index contributed by atoms with van der Waals surface area (Å²) in [5.74, 6) is 1.08. The van der Waals surface area contributed by atoms with Gasteiger partial charge < -0.3 is 10.6 Å². The molecule has 102 valence electrons. The Hall–Kier alpha value is -1.20. The minimum absolute atomic E-state index is 0.417. The third kappa shape index (κ3) is 2.44. The zero-order chi connectivity index (χ0) is 13.2. The lowest BCUT2D eigenvalue weighted by Crippen LogP contribution is -2.40. The summed E-state index contributed by atoms with van der Waals surface area (Å²) in [7, 11) is 0. The predicted molar refractivity (Wildman–Crippen MR) is 80.8 cm³/mol. The fourth-order valence-electron chi connectivity index (χ4n) is 2.89. The van der Waals surface area contributed by atoms with Crippen molar-refractivity contribution in [2.75, 3.05) is 18.0 Å². The van der Waals surface area contributed by atoms with Crippen molar-refractivity contribution in [1.29, 1.82) is 0 Å². The molecule has 0 amide bonds. The van der Waals surface area contributed by atoms with Crippen LogP contribution in [-0.4, -0.2) is 29.1 Å². The highest BCUT2D eigenvalue weighted by molar-refractivity contribution is 7.18. The summed E-state index contributed by atoms with van der Waals surface area (Å²) >= 11 is 1.74. The summed E-state index contributed by atoms with van der Waals surface area (Å²) in [4.78, 5) is 13.7. The largest absolute Gasteiger partial charge is 0.352 e. The zero-order valence-corrected chi connectivity index (χ0v) is 12.1. The highest BCUT2D eigenvalue weighted by Crippen LogP contribution is 2.32. The second-order valence-electron chi connectivity index (χ2n) is 5.21. The molecule has 1 atom stereocenters. The first-order valence-electron chi connectivity index (χ1n) is 6.97. The molecule has 3 heterocycles. The number of anilines is 1. The van der Waals surface area contributed by atoms with Crippen LogP contribution in [0.15, 0.2) is 12.4 Å². The zero-order valence-electron chi connectivity index (χ0n) is 11.3. The molecule has 1 unspecified atom stereocenters. The van der Waals surface area contributed by atoms with Crippen molar-refractivity contribution >= 4 is 27.4 Å². The Morgan fingerprint density at radius 1 is 1.37 bits per heavy atom. The van der Waals surface area contributed by atoms with E-state index in [0.29, 0.717) is 12.6 Å². The van der Waals surface area contributed by atoms with Crippen LogP contribution >= 0.6 is 11.3 Å². The molecule has 0 aliphatic carbocycles. The molecule has 2 N–H and O–H groups in total. The lowest BCUT2D eigenvalue weighted by Gasteiger charge is -2.30. The maximum Gasteiger partial charge on any atom is 0.141 e. The molecule has 5 heteroatoms. The average Bonchev–Trinajstić information content (AvgIpc) is 2.65. The van der Waals surface area contributed by atoms with Crippen LogP contribution in [0.3, 0.4) is 0 Å². The van der Waals surface area contributed by atoms with Crippen molar-refractivity contribution in [2.24, 2.45) is 5.73 Å². The molecular formula is C14H20N4S. The molecule has 1 aliphatic rings. The SMILES string of the molecule is Cc1cc2c(N3CCCCCC3CN)ncnc2s1. The molecule has 1 aliphatic heterocycles. The Kier molecular flexibility index (Phi) is 3.66.